The highest BCUT2D eigenvalue weighted by atomic mass is 32.2. The molecule has 0 radical (unpaired) electrons. The van der Waals surface area contributed by atoms with E-state index in [0.29, 0.717) is 11.4 Å². The summed E-state index contributed by atoms with van der Waals surface area (Å²) in [5.74, 6) is 0. The molecule has 3 N–H and O–H groups in total. The van der Waals surface area contributed by atoms with Crippen molar-refractivity contribution < 1.29 is 8.42 Å². The fourth-order valence-corrected chi connectivity index (χ4v) is 3.44. The van der Waals surface area contributed by atoms with Gasteiger partial charge in [0.15, 0.2) is 0 Å². The average Bonchev–Trinajstić information content (AvgIpc) is 2.77. The Hall–Kier alpha value is -1.53. The third kappa shape index (κ3) is 2.59. The second kappa shape index (κ2) is 4.38. The topological polar surface area (TPSA) is 72.2 Å². The molecule has 0 aliphatic carbocycles. The molecule has 0 aliphatic heterocycles. The van der Waals surface area contributed by atoms with Gasteiger partial charge in [0.1, 0.15) is 4.21 Å². The molecule has 6 heteroatoms. The molecule has 17 heavy (non-hydrogen) atoms. The van der Waals surface area contributed by atoms with Crippen LogP contribution in [0.25, 0.3) is 0 Å². The van der Waals surface area contributed by atoms with Crippen LogP contribution in [0.4, 0.5) is 11.4 Å². The number of nitrogens with two attached hydrogens (primary N) is 1. The number of anilines is 2. The maximum atomic E-state index is 12.0. The summed E-state index contributed by atoms with van der Waals surface area (Å²) in [7, 11) is -3.52. The normalized spacial score (nSPS) is 11.4. The number of rotatable bonds is 3. The molecule has 90 valence electrons. The van der Waals surface area contributed by atoms with Crippen LogP contribution < -0.4 is 10.5 Å². The lowest BCUT2D eigenvalue weighted by molar-refractivity contribution is 0.603. The van der Waals surface area contributed by atoms with Crippen molar-refractivity contribution in [3.63, 3.8) is 0 Å². The average molecular weight is 268 g/mol. The summed E-state index contributed by atoms with van der Waals surface area (Å²) in [5.41, 5.74) is 7.50. The molecule has 0 spiro atoms. The maximum absolute atomic E-state index is 12.0. The van der Waals surface area contributed by atoms with Crippen LogP contribution in [0.15, 0.2) is 39.9 Å². The van der Waals surface area contributed by atoms with Crippen LogP contribution in [-0.2, 0) is 10.0 Å². The predicted molar refractivity (Wildman–Crippen MR) is 70.7 cm³/mol. The van der Waals surface area contributed by atoms with Gasteiger partial charge >= 0.3 is 0 Å². The van der Waals surface area contributed by atoms with Gasteiger partial charge in [0.2, 0.25) is 0 Å². The van der Waals surface area contributed by atoms with E-state index in [1.165, 1.54) is 11.3 Å². The number of sulfonamides is 1. The van der Waals surface area contributed by atoms with Crippen molar-refractivity contribution in [2.24, 2.45) is 0 Å². The molecule has 0 fully saturated rings. The molecule has 2 rings (SSSR count). The monoisotopic (exact) mass is 268 g/mol. The Kier molecular flexibility index (Phi) is 3.08. The Labute approximate surface area is 104 Å². The van der Waals surface area contributed by atoms with Crippen LogP contribution in [0.2, 0.25) is 0 Å². The zero-order valence-electron chi connectivity index (χ0n) is 9.17. The molecule has 1 heterocycles. The van der Waals surface area contributed by atoms with Gasteiger partial charge in [0.25, 0.3) is 10.0 Å². The van der Waals surface area contributed by atoms with E-state index in [2.05, 4.69) is 4.72 Å². The molecule has 2 aromatic rings. The first-order valence-electron chi connectivity index (χ1n) is 4.91. The number of nitrogen functional groups attached to an aromatic ring is 1. The van der Waals surface area contributed by atoms with E-state index in [4.69, 9.17) is 5.73 Å². The van der Waals surface area contributed by atoms with E-state index in [0.717, 1.165) is 5.56 Å². The Morgan fingerprint density at radius 2 is 2.06 bits per heavy atom. The number of benzene rings is 1. The summed E-state index contributed by atoms with van der Waals surface area (Å²) >= 11 is 1.17. The quantitative estimate of drug-likeness (QED) is 0.840. The zero-order valence-corrected chi connectivity index (χ0v) is 10.8. The van der Waals surface area contributed by atoms with Gasteiger partial charge in [-0.05, 0) is 36.1 Å². The molecule has 0 atom stereocenters. The third-order valence-electron chi connectivity index (χ3n) is 2.21. The van der Waals surface area contributed by atoms with Gasteiger partial charge in [-0.2, -0.15) is 0 Å². The highest BCUT2D eigenvalue weighted by molar-refractivity contribution is 7.94. The Balaban J connectivity index is 2.36. The molecule has 0 amide bonds. The van der Waals surface area contributed by atoms with Gasteiger partial charge in [-0.3, -0.25) is 4.72 Å². The van der Waals surface area contributed by atoms with Crippen LogP contribution in [0, 0.1) is 6.92 Å². The lowest BCUT2D eigenvalue weighted by Crippen LogP contribution is -2.12. The lowest BCUT2D eigenvalue weighted by atomic mass is 10.2. The van der Waals surface area contributed by atoms with E-state index in [1.807, 2.05) is 13.0 Å². The molecule has 0 aliphatic rings. The largest absolute Gasteiger partial charge is 0.397 e. The minimum absolute atomic E-state index is 0.276. The molecule has 0 bridgehead atoms. The summed E-state index contributed by atoms with van der Waals surface area (Å²) in [4.78, 5) is 0. The van der Waals surface area contributed by atoms with Crippen LogP contribution in [0.1, 0.15) is 5.56 Å². The molecule has 0 saturated heterocycles. The van der Waals surface area contributed by atoms with Crippen LogP contribution >= 0.6 is 11.3 Å². The molecule has 1 aromatic heterocycles. The van der Waals surface area contributed by atoms with Crippen LogP contribution in [-0.4, -0.2) is 8.42 Å². The first-order chi connectivity index (χ1) is 7.99. The van der Waals surface area contributed by atoms with Gasteiger partial charge in [0.05, 0.1) is 11.4 Å². The minimum atomic E-state index is -3.52. The first-order valence-corrected chi connectivity index (χ1v) is 7.28. The molecule has 0 unspecified atom stereocenters. The zero-order chi connectivity index (χ0) is 12.5. The van der Waals surface area contributed by atoms with Gasteiger partial charge in [-0.1, -0.05) is 12.1 Å². The second-order valence-electron chi connectivity index (χ2n) is 3.63. The smallest absolute Gasteiger partial charge is 0.271 e. The SMILES string of the molecule is Cc1ccc(N)c(NS(=O)(=O)c2cccs2)c1. The van der Waals surface area contributed by atoms with Crippen molar-refractivity contribution in [2.75, 3.05) is 10.5 Å². The second-order valence-corrected chi connectivity index (χ2v) is 6.49. The van der Waals surface area contributed by atoms with Crippen molar-refractivity contribution in [3.05, 3.63) is 41.3 Å². The number of hydrogen-bond acceptors (Lipinski definition) is 4. The molecule has 1 aromatic carbocycles. The molecular weight excluding hydrogens is 256 g/mol. The molecule has 0 saturated carbocycles. The van der Waals surface area contributed by atoms with E-state index < -0.39 is 10.0 Å². The van der Waals surface area contributed by atoms with Gasteiger partial charge in [-0.25, -0.2) is 8.42 Å². The first kappa shape index (κ1) is 11.9. The standard InChI is InChI=1S/C11H12N2O2S2/c1-8-4-5-9(12)10(7-8)13-17(14,15)11-3-2-6-16-11/h2-7,13H,12H2,1H3. The van der Waals surface area contributed by atoms with Crippen molar-refractivity contribution in [3.8, 4) is 0 Å². The van der Waals surface area contributed by atoms with Gasteiger partial charge in [-0.15, -0.1) is 11.3 Å². The fourth-order valence-electron chi connectivity index (χ4n) is 1.37. The van der Waals surface area contributed by atoms with Gasteiger partial charge in [0, 0.05) is 0 Å². The highest BCUT2D eigenvalue weighted by Gasteiger charge is 2.16. The van der Waals surface area contributed by atoms with Crippen molar-refractivity contribution in [1.29, 1.82) is 0 Å². The maximum Gasteiger partial charge on any atom is 0.271 e. The van der Waals surface area contributed by atoms with Crippen LogP contribution in [0.5, 0.6) is 0 Å². The summed E-state index contributed by atoms with van der Waals surface area (Å²) in [6, 6.07) is 8.47. The van der Waals surface area contributed by atoms with Crippen molar-refractivity contribution in [1.82, 2.24) is 0 Å². The Bertz CT molecular complexity index is 619. The summed E-state index contributed by atoms with van der Waals surface area (Å²) < 4.78 is 26.7. The van der Waals surface area contributed by atoms with Crippen molar-refractivity contribution >= 4 is 32.7 Å². The molecular formula is C11H12N2O2S2. The number of thiophene rings is 1. The Morgan fingerprint density at radius 3 is 2.71 bits per heavy atom. The fraction of sp³-hybridized carbons (Fsp3) is 0.0909. The van der Waals surface area contributed by atoms with E-state index >= 15 is 0 Å². The third-order valence-corrected chi connectivity index (χ3v) is 4.98. The summed E-state index contributed by atoms with van der Waals surface area (Å²) in [6.07, 6.45) is 0. The number of nitrogens with one attached hydrogen (secondary N) is 1. The highest BCUT2D eigenvalue weighted by Crippen LogP contribution is 2.25. The Morgan fingerprint density at radius 1 is 1.29 bits per heavy atom. The number of aryl methyl sites for hydroxylation is 1. The van der Waals surface area contributed by atoms with E-state index in [1.54, 1.807) is 29.6 Å². The van der Waals surface area contributed by atoms with Crippen LogP contribution in [0.3, 0.4) is 0 Å². The summed E-state index contributed by atoms with van der Waals surface area (Å²) in [6.45, 7) is 1.88. The number of hydrogen-bond donors (Lipinski definition) is 2. The lowest BCUT2D eigenvalue weighted by Gasteiger charge is -2.09. The summed E-state index contributed by atoms with van der Waals surface area (Å²) in [5, 5.41) is 1.72. The predicted octanol–water partition coefficient (Wildman–Crippen LogP) is 2.44. The van der Waals surface area contributed by atoms with Gasteiger partial charge < -0.3 is 5.73 Å². The van der Waals surface area contributed by atoms with E-state index in [-0.39, 0.29) is 4.21 Å². The van der Waals surface area contributed by atoms with Crippen molar-refractivity contribution in [2.45, 2.75) is 11.1 Å². The molecule has 4 nitrogen and oxygen atoms in total. The minimum Gasteiger partial charge on any atom is -0.397 e. The van der Waals surface area contributed by atoms with E-state index in [9.17, 15) is 8.42 Å².